The average molecular weight is 265 g/mol. The van der Waals surface area contributed by atoms with E-state index in [9.17, 15) is 5.11 Å². The van der Waals surface area contributed by atoms with E-state index in [1.807, 2.05) is 53.2 Å². The molecule has 0 saturated heterocycles. The number of phenolic OH excluding ortho intramolecular Hbond substituents is 1. The number of imidazole rings is 1. The number of anilines is 1. The minimum absolute atomic E-state index is 0.311. The molecule has 0 fully saturated rings. The molecular weight excluding hydrogens is 250 g/mol. The monoisotopic (exact) mass is 265 g/mol. The SMILES string of the molecule is Oc1ccccc1CNc1cccc(-n2ccnc2)c1. The summed E-state index contributed by atoms with van der Waals surface area (Å²) in [5, 5.41) is 13.1. The molecule has 1 aromatic heterocycles. The van der Waals surface area contributed by atoms with Crippen LogP contribution in [0.15, 0.2) is 67.3 Å². The fourth-order valence-electron chi connectivity index (χ4n) is 2.05. The molecule has 4 nitrogen and oxygen atoms in total. The highest BCUT2D eigenvalue weighted by atomic mass is 16.3. The summed E-state index contributed by atoms with van der Waals surface area (Å²) < 4.78 is 1.95. The number of benzene rings is 2. The Balaban J connectivity index is 1.75. The molecule has 3 aromatic rings. The smallest absolute Gasteiger partial charge is 0.120 e. The second-order valence-corrected chi connectivity index (χ2v) is 4.50. The molecule has 0 saturated carbocycles. The van der Waals surface area contributed by atoms with Crippen LogP contribution in [0.25, 0.3) is 5.69 Å². The van der Waals surface area contributed by atoms with Crippen molar-refractivity contribution < 1.29 is 5.11 Å². The number of rotatable bonds is 4. The van der Waals surface area contributed by atoms with Crippen molar-refractivity contribution in [2.24, 2.45) is 0 Å². The van der Waals surface area contributed by atoms with Crippen LogP contribution in [0.5, 0.6) is 5.75 Å². The minimum Gasteiger partial charge on any atom is -0.508 e. The Morgan fingerprint density at radius 3 is 2.80 bits per heavy atom. The zero-order chi connectivity index (χ0) is 13.8. The van der Waals surface area contributed by atoms with Crippen molar-refractivity contribution in [3.05, 3.63) is 72.8 Å². The van der Waals surface area contributed by atoms with Crippen molar-refractivity contribution in [3.8, 4) is 11.4 Å². The van der Waals surface area contributed by atoms with Gasteiger partial charge in [0.25, 0.3) is 0 Å². The van der Waals surface area contributed by atoms with Crippen molar-refractivity contribution in [2.45, 2.75) is 6.54 Å². The summed E-state index contributed by atoms with van der Waals surface area (Å²) in [4.78, 5) is 4.04. The molecule has 0 unspecified atom stereocenters. The molecule has 0 spiro atoms. The molecule has 2 aromatic carbocycles. The van der Waals surface area contributed by atoms with E-state index in [-0.39, 0.29) is 0 Å². The van der Waals surface area contributed by atoms with Gasteiger partial charge in [-0.05, 0) is 24.3 Å². The standard InChI is InChI=1S/C16H15N3O/c20-16-7-2-1-4-13(16)11-18-14-5-3-6-15(10-14)19-9-8-17-12-19/h1-10,12,18,20H,11H2. The number of hydrogen-bond donors (Lipinski definition) is 2. The summed E-state index contributed by atoms with van der Waals surface area (Å²) in [5.41, 5.74) is 2.92. The molecule has 2 N–H and O–H groups in total. The Hall–Kier alpha value is -2.75. The predicted molar refractivity (Wildman–Crippen MR) is 79.0 cm³/mol. The second kappa shape index (κ2) is 5.48. The quantitative estimate of drug-likeness (QED) is 0.761. The largest absolute Gasteiger partial charge is 0.508 e. The van der Waals surface area contributed by atoms with Crippen molar-refractivity contribution in [2.75, 3.05) is 5.32 Å². The maximum atomic E-state index is 9.74. The van der Waals surface area contributed by atoms with Gasteiger partial charge in [-0.2, -0.15) is 0 Å². The van der Waals surface area contributed by atoms with Crippen LogP contribution < -0.4 is 5.32 Å². The van der Waals surface area contributed by atoms with Crippen molar-refractivity contribution in [1.82, 2.24) is 9.55 Å². The molecule has 0 atom stereocenters. The summed E-state index contributed by atoms with van der Waals surface area (Å²) in [6, 6.07) is 15.4. The lowest BCUT2D eigenvalue weighted by molar-refractivity contribution is 0.469. The van der Waals surface area contributed by atoms with E-state index < -0.39 is 0 Å². The van der Waals surface area contributed by atoms with Gasteiger partial charge in [-0.1, -0.05) is 24.3 Å². The van der Waals surface area contributed by atoms with Gasteiger partial charge in [0.05, 0.1) is 6.33 Å². The Morgan fingerprint density at radius 2 is 2.00 bits per heavy atom. The van der Waals surface area contributed by atoms with E-state index in [1.165, 1.54) is 0 Å². The van der Waals surface area contributed by atoms with Gasteiger partial charge in [-0.25, -0.2) is 4.98 Å². The number of nitrogens with zero attached hydrogens (tertiary/aromatic N) is 2. The van der Waals surface area contributed by atoms with Crippen LogP contribution in [0.4, 0.5) is 5.69 Å². The average Bonchev–Trinajstić information content (AvgIpc) is 3.01. The highest BCUT2D eigenvalue weighted by molar-refractivity contribution is 5.52. The third kappa shape index (κ3) is 2.64. The van der Waals surface area contributed by atoms with E-state index >= 15 is 0 Å². The van der Waals surface area contributed by atoms with Crippen LogP contribution in [0.1, 0.15) is 5.56 Å². The van der Waals surface area contributed by atoms with Crippen LogP contribution in [0, 0.1) is 0 Å². The minimum atomic E-state index is 0.311. The highest BCUT2D eigenvalue weighted by Gasteiger charge is 2.01. The molecular formula is C16H15N3O. The molecule has 4 heteroatoms. The normalized spacial score (nSPS) is 10.4. The number of aromatic nitrogens is 2. The summed E-state index contributed by atoms with van der Waals surface area (Å²) >= 11 is 0. The topological polar surface area (TPSA) is 50.1 Å². The lowest BCUT2D eigenvalue weighted by atomic mass is 10.2. The van der Waals surface area contributed by atoms with Crippen LogP contribution in [-0.2, 0) is 6.54 Å². The zero-order valence-corrected chi connectivity index (χ0v) is 10.9. The van der Waals surface area contributed by atoms with E-state index in [0.717, 1.165) is 16.9 Å². The lowest BCUT2D eigenvalue weighted by Crippen LogP contribution is -2.00. The predicted octanol–water partition coefficient (Wildman–Crippen LogP) is 3.19. The molecule has 0 amide bonds. The van der Waals surface area contributed by atoms with Gasteiger partial charge < -0.3 is 15.0 Å². The fourth-order valence-corrected chi connectivity index (χ4v) is 2.05. The Kier molecular flexibility index (Phi) is 3.37. The maximum Gasteiger partial charge on any atom is 0.120 e. The summed E-state index contributed by atoms with van der Waals surface area (Å²) in [5.74, 6) is 0.311. The molecule has 0 aliphatic rings. The fraction of sp³-hybridized carbons (Fsp3) is 0.0625. The third-order valence-electron chi connectivity index (χ3n) is 3.12. The van der Waals surface area contributed by atoms with Crippen LogP contribution in [0.3, 0.4) is 0 Å². The van der Waals surface area contributed by atoms with Gasteiger partial charge in [-0.15, -0.1) is 0 Å². The number of para-hydroxylation sites is 1. The van der Waals surface area contributed by atoms with Crippen LogP contribution in [0.2, 0.25) is 0 Å². The van der Waals surface area contributed by atoms with E-state index in [2.05, 4.69) is 10.3 Å². The zero-order valence-electron chi connectivity index (χ0n) is 10.9. The first-order valence-corrected chi connectivity index (χ1v) is 6.42. The molecule has 0 radical (unpaired) electrons. The Bertz CT molecular complexity index is 692. The highest BCUT2D eigenvalue weighted by Crippen LogP contribution is 2.19. The van der Waals surface area contributed by atoms with Crippen LogP contribution in [-0.4, -0.2) is 14.7 Å². The summed E-state index contributed by atoms with van der Waals surface area (Å²) in [6.07, 6.45) is 5.42. The second-order valence-electron chi connectivity index (χ2n) is 4.50. The van der Waals surface area contributed by atoms with Gasteiger partial charge in [0, 0.05) is 35.9 Å². The van der Waals surface area contributed by atoms with Crippen molar-refractivity contribution >= 4 is 5.69 Å². The summed E-state index contributed by atoms with van der Waals surface area (Å²) in [6.45, 7) is 0.583. The lowest BCUT2D eigenvalue weighted by Gasteiger charge is -2.10. The molecule has 100 valence electrons. The van der Waals surface area contributed by atoms with Gasteiger partial charge in [0.1, 0.15) is 5.75 Å². The van der Waals surface area contributed by atoms with Gasteiger partial charge in [0.2, 0.25) is 0 Å². The van der Waals surface area contributed by atoms with Gasteiger partial charge in [-0.3, -0.25) is 0 Å². The van der Waals surface area contributed by atoms with E-state index in [4.69, 9.17) is 0 Å². The number of hydrogen-bond acceptors (Lipinski definition) is 3. The number of aromatic hydroxyl groups is 1. The third-order valence-corrected chi connectivity index (χ3v) is 3.12. The Labute approximate surface area is 117 Å². The summed E-state index contributed by atoms with van der Waals surface area (Å²) in [7, 11) is 0. The first kappa shape index (κ1) is 12.3. The van der Waals surface area contributed by atoms with E-state index in [1.54, 1.807) is 18.6 Å². The van der Waals surface area contributed by atoms with Gasteiger partial charge in [0.15, 0.2) is 0 Å². The molecule has 0 aliphatic carbocycles. The van der Waals surface area contributed by atoms with Crippen molar-refractivity contribution in [1.29, 1.82) is 0 Å². The van der Waals surface area contributed by atoms with Crippen LogP contribution >= 0.6 is 0 Å². The molecule has 1 heterocycles. The molecule has 3 rings (SSSR count). The molecule has 20 heavy (non-hydrogen) atoms. The van der Waals surface area contributed by atoms with E-state index in [0.29, 0.717) is 12.3 Å². The first-order valence-electron chi connectivity index (χ1n) is 6.42. The Morgan fingerprint density at radius 1 is 1.10 bits per heavy atom. The molecule has 0 aliphatic heterocycles. The van der Waals surface area contributed by atoms with Crippen molar-refractivity contribution in [3.63, 3.8) is 0 Å². The maximum absolute atomic E-state index is 9.74. The number of phenols is 1. The molecule has 0 bridgehead atoms. The number of nitrogens with one attached hydrogen (secondary N) is 1. The van der Waals surface area contributed by atoms with Gasteiger partial charge >= 0.3 is 0 Å². The first-order chi connectivity index (χ1) is 9.83.